The first-order valence-corrected chi connectivity index (χ1v) is 10.3. The lowest BCUT2D eigenvalue weighted by Crippen LogP contribution is -2.10. The molecule has 0 aromatic carbocycles. The predicted molar refractivity (Wildman–Crippen MR) is 105 cm³/mol. The van der Waals surface area contributed by atoms with E-state index < -0.39 is 5.97 Å². The first kappa shape index (κ1) is 25.6. The summed E-state index contributed by atoms with van der Waals surface area (Å²) in [5, 5.41) is 7.60. The Morgan fingerprint density at radius 2 is 0.875 bits per heavy atom. The van der Waals surface area contributed by atoms with Gasteiger partial charge in [0.1, 0.15) is 0 Å². The van der Waals surface area contributed by atoms with Crippen molar-refractivity contribution >= 4 is 5.97 Å². The van der Waals surface area contributed by atoms with Crippen LogP contribution in [0.5, 0.6) is 0 Å². The van der Waals surface area contributed by atoms with Gasteiger partial charge < -0.3 is 16.6 Å². The molecule has 0 fully saturated rings. The molecule has 0 saturated carbocycles. The molecule has 0 atom stereocenters. The number of unbranched alkanes of at least 4 members (excludes halogenated alkanes) is 15. The molecule has 5 N–H and O–H groups in total. The summed E-state index contributed by atoms with van der Waals surface area (Å²) < 4.78 is 0. The van der Waals surface area contributed by atoms with Crippen molar-refractivity contribution in [2.75, 3.05) is 13.1 Å². The van der Waals surface area contributed by atoms with E-state index in [0.29, 0.717) is 0 Å². The van der Waals surface area contributed by atoms with E-state index in [1.165, 1.54) is 103 Å². The zero-order valence-electron chi connectivity index (χ0n) is 16.2. The number of hydrogen-bond donors (Lipinski definition) is 3. The van der Waals surface area contributed by atoms with E-state index in [2.05, 4.69) is 12.7 Å². The molecule has 0 unspecified atom stereocenters. The van der Waals surface area contributed by atoms with Crippen molar-refractivity contribution < 1.29 is 9.90 Å². The van der Waals surface area contributed by atoms with Crippen molar-refractivity contribution in [3.8, 4) is 0 Å². The Morgan fingerprint density at radius 3 is 1.08 bits per heavy atom. The second kappa shape index (κ2) is 24.6. The Labute approximate surface area is 150 Å². The number of aliphatic carboxylic acids is 1. The van der Waals surface area contributed by atoms with Gasteiger partial charge in [-0.1, -0.05) is 103 Å². The van der Waals surface area contributed by atoms with Crippen LogP contribution in [0, 0.1) is 0 Å². The van der Waals surface area contributed by atoms with Gasteiger partial charge in [-0.2, -0.15) is 0 Å². The van der Waals surface area contributed by atoms with Gasteiger partial charge >= 0.3 is 5.97 Å². The fourth-order valence-electron chi connectivity index (χ4n) is 2.69. The van der Waals surface area contributed by atoms with Crippen LogP contribution in [0.1, 0.15) is 110 Å². The van der Waals surface area contributed by atoms with Crippen molar-refractivity contribution in [1.29, 1.82) is 0 Å². The van der Waals surface area contributed by atoms with Gasteiger partial charge in [-0.25, -0.2) is 0 Å². The molecule has 0 aliphatic rings. The SMILES string of the molecule is CCCCCCCCCCCCCCCCCCN.NCC(=O)O. The molecule has 0 aliphatic carbocycles. The van der Waals surface area contributed by atoms with Crippen molar-refractivity contribution in [3.05, 3.63) is 0 Å². The molecular weight excluding hydrogens is 300 g/mol. The van der Waals surface area contributed by atoms with Crippen molar-refractivity contribution in [1.82, 2.24) is 0 Å². The summed E-state index contributed by atoms with van der Waals surface area (Å²) in [6.45, 7) is 2.89. The summed E-state index contributed by atoms with van der Waals surface area (Å²) in [5.74, 6) is -0.968. The van der Waals surface area contributed by atoms with Gasteiger partial charge in [-0.3, -0.25) is 4.79 Å². The van der Waals surface area contributed by atoms with Crippen LogP contribution in [-0.4, -0.2) is 24.2 Å². The van der Waals surface area contributed by atoms with Crippen LogP contribution in [0.4, 0.5) is 0 Å². The molecule has 0 saturated heterocycles. The number of rotatable bonds is 17. The Balaban J connectivity index is 0. The summed E-state index contributed by atoms with van der Waals surface area (Å²) in [7, 11) is 0. The predicted octanol–water partition coefficient (Wildman–Crippen LogP) is 5.24. The first-order valence-electron chi connectivity index (χ1n) is 10.3. The average molecular weight is 345 g/mol. The highest BCUT2D eigenvalue weighted by molar-refractivity contribution is 5.68. The highest BCUT2D eigenvalue weighted by atomic mass is 16.4. The van der Waals surface area contributed by atoms with Crippen LogP contribution in [0.25, 0.3) is 0 Å². The van der Waals surface area contributed by atoms with Gasteiger partial charge in [0.05, 0.1) is 6.54 Å². The molecular formula is C20H44N2O2. The van der Waals surface area contributed by atoms with Crippen LogP contribution in [0.3, 0.4) is 0 Å². The van der Waals surface area contributed by atoms with E-state index in [1.807, 2.05) is 0 Å². The minimum atomic E-state index is -0.968. The Hall–Kier alpha value is -0.610. The molecule has 0 aliphatic heterocycles. The molecule has 0 heterocycles. The van der Waals surface area contributed by atoms with Crippen LogP contribution in [0.15, 0.2) is 0 Å². The highest BCUT2D eigenvalue weighted by Crippen LogP contribution is 2.13. The van der Waals surface area contributed by atoms with Crippen LogP contribution < -0.4 is 11.5 Å². The normalized spacial score (nSPS) is 10.3. The van der Waals surface area contributed by atoms with Crippen molar-refractivity contribution in [2.45, 2.75) is 110 Å². The molecule has 24 heavy (non-hydrogen) atoms. The van der Waals surface area contributed by atoms with E-state index in [4.69, 9.17) is 10.8 Å². The van der Waals surface area contributed by atoms with Crippen LogP contribution in [0.2, 0.25) is 0 Å². The quantitative estimate of drug-likeness (QED) is 0.315. The van der Waals surface area contributed by atoms with Gasteiger partial charge in [0.2, 0.25) is 0 Å². The van der Waals surface area contributed by atoms with E-state index in [0.717, 1.165) is 6.54 Å². The summed E-state index contributed by atoms with van der Waals surface area (Å²) in [4.78, 5) is 9.24. The molecule has 0 rings (SSSR count). The average Bonchev–Trinajstić information content (AvgIpc) is 2.59. The van der Waals surface area contributed by atoms with E-state index in [1.54, 1.807) is 0 Å². The van der Waals surface area contributed by atoms with E-state index in [9.17, 15) is 4.79 Å². The second-order valence-electron chi connectivity index (χ2n) is 6.69. The van der Waals surface area contributed by atoms with Crippen molar-refractivity contribution in [3.63, 3.8) is 0 Å². The Kier molecular flexibility index (Phi) is 26.3. The molecule has 4 heteroatoms. The topological polar surface area (TPSA) is 89.3 Å². The number of hydrogen-bond acceptors (Lipinski definition) is 3. The molecule has 4 nitrogen and oxygen atoms in total. The zero-order chi connectivity index (χ0) is 18.3. The highest BCUT2D eigenvalue weighted by Gasteiger charge is 1.94. The maximum atomic E-state index is 9.24. The molecule has 0 aromatic heterocycles. The standard InChI is InChI=1S/C18H39N.C2H5NO2/c1-2-3-4-5-6-7-8-9-10-11-12-13-14-15-16-17-18-19;3-1-2(4)5/h2-19H2,1H3;1,3H2,(H,4,5). The lowest BCUT2D eigenvalue weighted by Gasteiger charge is -2.03. The smallest absolute Gasteiger partial charge is 0.317 e. The zero-order valence-corrected chi connectivity index (χ0v) is 16.2. The lowest BCUT2D eigenvalue weighted by atomic mass is 10.0. The minimum absolute atomic E-state index is 0.278. The minimum Gasteiger partial charge on any atom is -0.480 e. The van der Waals surface area contributed by atoms with Gasteiger partial charge in [-0.05, 0) is 13.0 Å². The fraction of sp³-hybridized carbons (Fsp3) is 0.950. The Bertz CT molecular complexity index is 220. The summed E-state index contributed by atoms with van der Waals surface area (Å²) in [6.07, 6.45) is 22.9. The third kappa shape index (κ3) is 29.4. The van der Waals surface area contributed by atoms with Gasteiger partial charge in [0, 0.05) is 0 Å². The maximum absolute atomic E-state index is 9.24. The van der Waals surface area contributed by atoms with E-state index >= 15 is 0 Å². The third-order valence-electron chi connectivity index (χ3n) is 4.23. The molecule has 0 aromatic rings. The molecule has 0 amide bonds. The second-order valence-corrected chi connectivity index (χ2v) is 6.69. The molecule has 0 bridgehead atoms. The van der Waals surface area contributed by atoms with Gasteiger partial charge in [0.15, 0.2) is 0 Å². The van der Waals surface area contributed by atoms with Crippen molar-refractivity contribution in [2.24, 2.45) is 11.5 Å². The maximum Gasteiger partial charge on any atom is 0.317 e. The number of carboxylic acids is 1. The summed E-state index contributed by atoms with van der Waals surface area (Å²) in [6, 6.07) is 0. The van der Waals surface area contributed by atoms with Crippen LogP contribution >= 0.6 is 0 Å². The monoisotopic (exact) mass is 344 g/mol. The Morgan fingerprint density at radius 1 is 0.625 bits per heavy atom. The molecule has 146 valence electrons. The van der Waals surface area contributed by atoms with Gasteiger partial charge in [-0.15, -0.1) is 0 Å². The molecule has 0 radical (unpaired) electrons. The molecule has 0 spiro atoms. The van der Waals surface area contributed by atoms with E-state index in [-0.39, 0.29) is 6.54 Å². The number of nitrogens with two attached hydrogens (primary N) is 2. The summed E-state index contributed by atoms with van der Waals surface area (Å²) in [5.41, 5.74) is 10.1. The largest absolute Gasteiger partial charge is 0.480 e. The lowest BCUT2D eigenvalue weighted by molar-refractivity contribution is -0.135. The van der Waals surface area contributed by atoms with Crippen LogP contribution in [-0.2, 0) is 4.79 Å². The first-order chi connectivity index (χ1) is 11.7. The fourth-order valence-corrected chi connectivity index (χ4v) is 2.69. The number of carboxylic acid groups (broad SMARTS) is 1. The summed E-state index contributed by atoms with van der Waals surface area (Å²) >= 11 is 0. The third-order valence-corrected chi connectivity index (χ3v) is 4.23. The van der Waals surface area contributed by atoms with Gasteiger partial charge in [0.25, 0.3) is 0 Å². The number of carbonyl (C=O) groups is 1.